The van der Waals surface area contributed by atoms with Gasteiger partial charge in [-0.25, -0.2) is 4.79 Å². The summed E-state index contributed by atoms with van der Waals surface area (Å²) in [6, 6.07) is 10.2. The molecule has 3 amide bonds. The van der Waals surface area contributed by atoms with Gasteiger partial charge in [0, 0.05) is 25.3 Å². The van der Waals surface area contributed by atoms with E-state index in [2.05, 4.69) is 10.6 Å². The number of amides is 3. The fraction of sp³-hybridized carbons (Fsp3) is 0.176. The molecule has 0 radical (unpaired) electrons. The zero-order chi connectivity index (χ0) is 18.6. The van der Waals surface area contributed by atoms with Gasteiger partial charge in [-0.05, 0) is 36.4 Å². The van der Waals surface area contributed by atoms with Gasteiger partial charge in [0.1, 0.15) is 0 Å². The van der Waals surface area contributed by atoms with Gasteiger partial charge in [0.05, 0.1) is 11.3 Å². The quantitative estimate of drug-likeness (QED) is 0.864. The maximum atomic E-state index is 12.9. The second kappa shape index (κ2) is 7.25. The normalized spacial score (nSPS) is 10.9. The zero-order valence-electron chi connectivity index (χ0n) is 13.5. The number of nitrogens with one attached hydrogen (secondary N) is 2. The molecule has 8 heteroatoms. The van der Waals surface area contributed by atoms with Crippen LogP contribution in [0.1, 0.15) is 12.5 Å². The van der Waals surface area contributed by atoms with Crippen molar-refractivity contribution in [1.29, 1.82) is 0 Å². The monoisotopic (exact) mass is 351 g/mol. The van der Waals surface area contributed by atoms with Crippen molar-refractivity contribution in [1.82, 2.24) is 0 Å². The van der Waals surface area contributed by atoms with Gasteiger partial charge in [0.15, 0.2) is 0 Å². The maximum Gasteiger partial charge on any atom is 0.418 e. The highest BCUT2D eigenvalue weighted by molar-refractivity contribution is 6.00. The second-order valence-corrected chi connectivity index (χ2v) is 5.25. The predicted octanol–water partition coefficient (Wildman–Crippen LogP) is 4.33. The molecule has 2 rings (SSSR count). The first kappa shape index (κ1) is 18.3. The Morgan fingerprint density at radius 1 is 0.960 bits per heavy atom. The number of carbonyl (C=O) groups excluding carboxylic acids is 2. The number of rotatable bonds is 3. The molecule has 0 unspecified atom stereocenters. The summed E-state index contributed by atoms with van der Waals surface area (Å²) in [5.74, 6) is -0.151. The van der Waals surface area contributed by atoms with Gasteiger partial charge in [0.2, 0.25) is 5.91 Å². The lowest BCUT2D eigenvalue weighted by Gasteiger charge is -2.16. The first-order valence-electron chi connectivity index (χ1n) is 7.27. The Balaban J connectivity index is 2.08. The molecule has 0 saturated carbocycles. The third-order valence-corrected chi connectivity index (χ3v) is 3.47. The van der Waals surface area contributed by atoms with E-state index in [0.717, 1.165) is 6.07 Å². The minimum atomic E-state index is -4.57. The number of hydrogen-bond donors (Lipinski definition) is 2. The molecule has 2 aromatic carbocycles. The van der Waals surface area contributed by atoms with Crippen LogP contribution in [-0.4, -0.2) is 19.0 Å². The van der Waals surface area contributed by atoms with Gasteiger partial charge in [-0.3, -0.25) is 4.79 Å². The van der Waals surface area contributed by atoms with Crippen molar-refractivity contribution in [3.63, 3.8) is 0 Å². The highest BCUT2D eigenvalue weighted by Crippen LogP contribution is 2.34. The molecule has 0 aliphatic rings. The molecule has 0 atom stereocenters. The topological polar surface area (TPSA) is 61.4 Å². The van der Waals surface area contributed by atoms with Crippen LogP contribution in [0.25, 0.3) is 0 Å². The molecular formula is C17H16F3N3O2. The summed E-state index contributed by atoms with van der Waals surface area (Å²) in [4.78, 5) is 24.6. The SMILES string of the molecule is CC(=O)N(C)c1ccc(NC(=O)Nc2ccccc2C(F)(F)F)cc1. The largest absolute Gasteiger partial charge is 0.418 e. The van der Waals surface area contributed by atoms with E-state index in [-0.39, 0.29) is 11.6 Å². The smallest absolute Gasteiger partial charge is 0.316 e. The minimum absolute atomic E-state index is 0.151. The van der Waals surface area contributed by atoms with Crippen molar-refractivity contribution >= 4 is 29.0 Å². The Morgan fingerprint density at radius 3 is 2.12 bits per heavy atom. The predicted molar refractivity (Wildman–Crippen MR) is 89.6 cm³/mol. The van der Waals surface area contributed by atoms with Crippen LogP contribution >= 0.6 is 0 Å². The van der Waals surface area contributed by atoms with Crippen LogP contribution in [0.4, 0.5) is 35.0 Å². The van der Waals surface area contributed by atoms with Crippen LogP contribution in [0.15, 0.2) is 48.5 Å². The van der Waals surface area contributed by atoms with Crippen molar-refractivity contribution in [3.8, 4) is 0 Å². The van der Waals surface area contributed by atoms with Gasteiger partial charge in [-0.1, -0.05) is 12.1 Å². The van der Waals surface area contributed by atoms with E-state index in [4.69, 9.17) is 0 Å². The number of nitrogens with zero attached hydrogens (tertiary/aromatic N) is 1. The molecule has 0 fully saturated rings. The Morgan fingerprint density at radius 2 is 1.56 bits per heavy atom. The van der Waals surface area contributed by atoms with Gasteiger partial charge in [-0.2, -0.15) is 13.2 Å². The first-order chi connectivity index (χ1) is 11.7. The molecule has 0 saturated heterocycles. The van der Waals surface area contributed by atoms with Crippen molar-refractivity contribution in [2.24, 2.45) is 0 Å². The number of carbonyl (C=O) groups is 2. The average Bonchev–Trinajstić information content (AvgIpc) is 2.54. The van der Waals surface area contributed by atoms with Crippen LogP contribution in [0.3, 0.4) is 0 Å². The number of para-hydroxylation sites is 1. The summed E-state index contributed by atoms with van der Waals surface area (Å²) in [6.07, 6.45) is -4.57. The fourth-order valence-corrected chi connectivity index (χ4v) is 2.07. The lowest BCUT2D eigenvalue weighted by atomic mass is 10.1. The van der Waals surface area contributed by atoms with Crippen LogP contribution in [0.5, 0.6) is 0 Å². The fourth-order valence-electron chi connectivity index (χ4n) is 2.07. The van der Waals surface area contributed by atoms with Crippen LogP contribution in [-0.2, 0) is 11.0 Å². The molecule has 0 bridgehead atoms. The number of alkyl halides is 3. The summed E-state index contributed by atoms with van der Waals surface area (Å²) in [7, 11) is 1.60. The lowest BCUT2D eigenvalue weighted by molar-refractivity contribution is -0.136. The van der Waals surface area contributed by atoms with Crippen molar-refractivity contribution < 1.29 is 22.8 Å². The van der Waals surface area contributed by atoms with Gasteiger partial charge in [-0.15, -0.1) is 0 Å². The number of halogens is 3. The van der Waals surface area contributed by atoms with Crippen molar-refractivity contribution in [2.75, 3.05) is 22.6 Å². The second-order valence-electron chi connectivity index (χ2n) is 5.25. The molecule has 2 aromatic rings. The maximum absolute atomic E-state index is 12.9. The molecular weight excluding hydrogens is 335 g/mol. The van der Waals surface area contributed by atoms with Crippen LogP contribution in [0, 0.1) is 0 Å². The molecule has 132 valence electrons. The Bertz CT molecular complexity index is 773. The zero-order valence-corrected chi connectivity index (χ0v) is 13.5. The molecule has 2 N–H and O–H groups in total. The van der Waals surface area contributed by atoms with E-state index in [1.54, 1.807) is 31.3 Å². The first-order valence-corrected chi connectivity index (χ1v) is 7.27. The summed E-state index contributed by atoms with van der Waals surface area (Å²) < 4.78 is 38.7. The highest BCUT2D eigenvalue weighted by Gasteiger charge is 2.33. The molecule has 5 nitrogen and oxygen atoms in total. The van der Waals surface area contributed by atoms with E-state index in [0.29, 0.717) is 11.4 Å². The number of benzene rings is 2. The van der Waals surface area contributed by atoms with Gasteiger partial charge >= 0.3 is 12.2 Å². The summed E-state index contributed by atoms with van der Waals surface area (Å²) in [5.41, 5.74) is -0.257. The van der Waals surface area contributed by atoms with E-state index < -0.39 is 17.8 Å². The van der Waals surface area contributed by atoms with Gasteiger partial charge in [0.25, 0.3) is 0 Å². The van der Waals surface area contributed by atoms with Crippen molar-refractivity contribution in [3.05, 3.63) is 54.1 Å². The molecule has 0 heterocycles. The molecule has 0 spiro atoms. The van der Waals surface area contributed by atoms with E-state index >= 15 is 0 Å². The summed E-state index contributed by atoms with van der Waals surface area (Å²) >= 11 is 0. The van der Waals surface area contributed by atoms with E-state index in [1.807, 2.05) is 0 Å². The Hall–Kier alpha value is -3.03. The third kappa shape index (κ3) is 4.72. The standard InChI is InChI=1S/C17H16F3N3O2/c1-11(24)23(2)13-9-7-12(8-10-13)21-16(25)22-15-6-4-3-5-14(15)17(18,19)20/h3-10H,1-2H3,(H2,21,22,25). The molecule has 25 heavy (non-hydrogen) atoms. The van der Waals surface area contributed by atoms with Crippen LogP contribution in [0.2, 0.25) is 0 Å². The number of hydrogen-bond acceptors (Lipinski definition) is 2. The molecule has 0 aliphatic carbocycles. The lowest BCUT2D eigenvalue weighted by Crippen LogP contribution is -2.23. The molecule has 0 aliphatic heterocycles. The van der Waals surface area contributed by atoms with Crippen molar-refractivity contribution in [2.45, 2.75) is 13.1 Å². The Kier molecular flexibility index (Phi) is 5.31. The van der Waals surface area contributed by atoms with E-state index in [9.17, 15) is 22.8 Å². The number of anilines is 3. The van der Waals surface area contributed by atoms with E-state index in [1.165, 1.54) is 30.0 Å². The summed E-state index contributed by atoms with van der Waals surface area (Å²) in [5, 5.41) is 4.63. The minimum Gasteiger partial charge on any atom is -0.316 e. The average molecular weight is 351 g/mol. The van der Waals surface area contributed by atoms with Crippen LogP contribution < -0.4 is 15.5 Å². The third-order valence-electron chi connectivity index (χ3n) is 3.47. The van der Waals surface area contributed by atoms with Gasteiger partial charge < -0.3 is 15.5 Å². The molecule has 0 aromatic heterocycles. The highest BCUT2D eigenvalue weighted by atomic mass is 19.4. The Labute approximate surface area is 142 Å². The summed E-state index contributed by atoms with van der Waals surface area (Å²) in [6.45, 7) is 1.41. The number of urea groups is 1.